The van der Waals surface area contributed by atoms with E-state index in [1.165, 1.54) is 24.3 Å². The first-order chi connectivity index (χ1) is 22.2. The standard InChI is InChI=1S/C39H45F2N3O2/c1-28-23-36(46-27-31-9-5-4-6-10-31)24-29(2)39(28)42-38(45)26-44-22-21-43(25-30(44)3)20-8-7-11-37(32-12-16-34(40)17-13-32)33-14-18-35(41)19-15-33/h4-6,9-10,12-19,23-24,30,37H,7-8,11,20-22,25-27H2,1-3H3,(H,42,45). The van der Waals surface area contributed by atoms with Crippen LogP contribution >= 0.6 is 0 Å². The number of halogens is 2. The number of nitrogens with zero attached hydrogens (tertiary/aromatic N) is 2. The molecular weight excluding hydrogens is 580 g/mol. The third-order valence-corrected chi connectivity index (χ3v) is 8.98. The van der Waals surface area contributed by atoms with Crippen molar-refractivity contribution in [3.8, 4) is 5.75 Å². The van der Waals surface area contributed by atoms with E-state index in [0.717, 1.165) is 84.7 Å². The van der Waals surface area contributed by atoms with E-state index in [4.69, 9.17) is 4.74 Å². The van der Waals surface area contributed by atoms with Gasteiger partial charge in [-0.1, -0.05) is 61.0 Å². The van der Waals surface area contributed by atoms with Crippen LogP contribution in [0.25, 0.3) is 0 Å². The maximum atomic E-state index is 13.6. The summed E-state index contributed by atoms with van der Waals surface area (Å²) in [5.41, 5.74) is 6.02. The summed E-state index contributed by atoms with van der Waals surface area (Å²) in [5.74, 6) is 0.383. The molecule has 1 atom stereocenters. The molecule has 0 aliphatic carbocycles. The fraction of sp³-hybridized carbons (Fsp3) is 0.359. The largest absolute Gasteiger partial charge is 0.489 e. The third kappa shape index (κ3) is 9.24. The lowest BCUT2D eigenvalue weighted by Crippen LogP contribution is -2.53. The van der Waals surface area contributed by atoms with E-state index in [9.17, 15) is 13.6 Å². The lowest BCUT2D eigenvalue weighted by molar-refractivity contribution is -0.118. The summed E-state index contributed by atoms with van der Waals surface area (Å²) in [4.78, 5) is 17.8. The first kappa shape index (κ1) is 33.3. The molecule has 5 rings (SSSR count). The number of anilines is 1. The molecule has 4 aromatic rings. The van der Waals surface area contributed by atoms with Crippen LogP contribution < -0.4 is 10.1 Å². The summed E-state index contributed by atoms with van der Waals surface area (Å²) in [7, 11) is 0. The average molecular weight is 626 g/mol. The molecule has 1 saturated heterocycles. The van der Waals surface area contributed by atoms with Crippen molar-refractivity contribution < 1.29 is 18.3 Å². The van der Waals surface area contributed by atoms with Gasteiger partial charge in [0.05, 0.1) is 6.54 Å². The van der Waals surface area contributed by atoms with E-state index in [0.29, 0.717) is 13.2 Å². The number of piperazine rings is 1. The molecular formula is C39H45F2N3O2. The van der Waals surface area contributed by atoms with Crippen LogP contribution in [0.4, 0.5) is 14.5 Å². The van der Waals surface area contributed by atoms with Crippen molar-refractivity contribution in [1.82, 2.24) is 9.80 Å². The number of aryl methyl sites for hydroxylation is 2. The first-order valence-corrected chi connectivity index (χ1v) is 16.3. The molecule has 1 heterocycles. The highest BCUT2D eigenvalue weighted by atomic mass is 19.1. The highest BCUT2D eigenvalue weighted by molar-refractivity contribution is 5.94. The van der Waals surface area contributed by atoms with Crippen molar-refractivity contribution in [2.45, 2.75) is 58.6 Å². The Kier molecular flexibility index (Phi) is 11.6. The molecule has 7 heteroatoms. The first-order valence-electron chi connectivity index (χ1n) is 16.3. The van der Waals surface area contributed by atoms with Gasteiger partial charge in [-0.3, -0.25) is 9.69 Å². The maximum absolute atomic E-state index is 13.6. The van der Waals surface area contributed by atoms with Crippen LogP contribution in [-0.2, 0) is 11.4 Å². The van der Waals surface area contributed by atoms with Crippen LogP contribution in [0.3, 0.4) is 0 Å². The van der Waals surface area contributed by atoms with E-state index >= 15 is 0 Å². The van der Waals surface area contributed by atoms with Crippen molar-refractivity contribution in [3.05, 3.63) is 130 Å². The molecule has 1 aliphatic rings. The number of hydrogen-bond donors (Lipinski definition) is 1. The van der Waals surface area contributed by atoms with Gasteiger partial charge in [0.1, 0.15) is 24.0 Å². The number of ether oxygens (including phenoxy) is 1. The molecule has 0 aromatic heterocycles. The fourth-order valence-corrected chi connectivity index (χ4v) is 6.42. The number of unbranched alkanes of at least 4 members (excludes halogenated alkanes) is 1. The summed E-state index contributed by atoms with van der Waals surface area (Å²) >= 11 is 0. The van der Waals surface area contributed by atoms with E-state index in [1.807, 2.05) is 80.6 Å². The van der Waals surface area contributed by atoms with Gasteiger partial charge in [-0.05, 0) is 104 Å². The highest BCUT2D eigenvalue weighted by Gasteiger charge is 2.25. The lowest BCUT2D eigenvalue weighted by atomic mass is 9.87. The minimum atomic E-state index is -0.253. The SMILES string of the molecule is Cc1cc(OCc2ccccc2)cc(C)c1NC(=O)CN1CCN(CCCCC(c2ccc(F)cc2)c2ccc(F)cc2)CC1C. The minimum Gasteiger partial charge on any atom is -0.489 e. The average Bonchev–Trinajstić information content (AvgIpc) is 3.05. The minimum absolute atomic E-state index is 0.00270. The number of carbonyl (C=O) groups excluding carboxylic acids is 1. The molecule has 0 bridgehead atoms. The Morgan fingerprint density at radius 2 is 1.48 bits per heavy atom. The molecule has 242 valence electrons. The molecule has 0 spiro atoms. The topological polar surface area (TPSA) is 44.8 Å². The Hall–Kier alpha value is -4.07. The lowest BCUT2D eigenvalue weighted by Gasteiger charge is -2.39. The van der Waals surface area contributed by atoms with Crippen LogP contribution in [-0.4, -0.2) is 54.5 Å². The quantitative estimate of drug-likeness (QED) is 0.153. The van der Waals surface area contributed by atoms with Crippen LogP contribution in [0.2, 0.25) is 0 Å². The maximum Gasteiger partial charge on any atom is 0.238 e. The van der Waals surface area contributed by atoms with Crippen LogP contribution in [0.1, 0.15) is 59.9 Å². The summed E-state index contributed by atoms with van der Waals surface area (Å²) in [6, 6.07) is 27.6. The van der Waals surface area contributed by atoms with Gasteiger partial charge >= 0.3 is 0 Å². The molecule has 1 amide bonds. The van der Waals surface area contributed by atoms with Crippen molar-refractivity contribution in [2.75, 3.05) is 38.0 Å². The second-order valence-corrected chi connectivity index (χ2v) is 12.5. The number of carbonyl (C=O) groups is 1. The molecule has 1 fully saturated rings. The number of benzene rings is 4. The zero-order chi connectivity index (χ0) is 32.5. The van der Waals surface area contributed by atoms with Gasteiger partial charge in [0, 0.05) is 37.3 Å². The predicted molar refractivity (Wildman–Crippen MR) is 181 cm³/mol. The third-order valence-electron chi connectivity index (χ3n) is 8.98. The Labute approximate surface area is 272 Å². The molecule has 0 radical (unpaired) electrons. The smallest absolute Gasteiger partial charge is 0.238 e. The number of nitrogens with one attached hydrogen (secondary N) is 1. The fourth-order valence-electron chi connectivity index (χ4n) is 6.42. The number of rotatable bonds is 13. The van der Waals surface area contributed by atoms with E-state index in [1.54, 1.807) is 0 Å². The van der Waals surface area contributed by atoms with Crippen molar-refractivity contribution >= 4 is 11.6 Å². The van der Waals surface area contributed by atoms with Gasteiger partial charge in [0.15, 0.2) is 0 Å². The molecule has 1 aliphatic heterocycles. The van der Waals surface area contributed by atoms with E-state index in [2.05, 4.69) is 22.0 Å². The van der Waals surface area contributed by atoms with Gasteiger partial charge in [0.2, 0.25) is 5.91 Å². The monoisotopic (exact) mass is 625 g/mol. The Morgan fingerprint density at radius 3 is 2.07 bits per heavy atom. The Bertz CT molecular complexity index is 1490. The van der Waals surface area contributed by atoms with Crippen molar-refractivity contribution in [2.24, 2.45) is 0 Å². The van der Waals surface area contributed by atoms with Gasteiger partial charge in [-0.15, -0.1) is 0 Å². The highest BCUT2D eigenvalue weighted by Crippen LogP contribution is 2.31. The van der Waals surface area contributed by atoms with Crippen LogP contribution in [0.5, 0.6) is 5.75 Å². The van der Waals surface area contributed by atoms with Gasteiger partial charge in [-0.2, -0.15) is 0 Å². The van der Waals surface area contributed by atoms with Crippen molar-refractivity contribution in [1.29, 1.82) is 0 Å². The Balaban J connectivity index is 1.07. The summed E-state index contributed by atoms with van der Waals surface area (Å²) in [5, 5.41) is 3.15. The molecule has 46 heavy (non-hydrogen) atoms. The predicted octanol–water partition coefficient (Wildman–Crippen LogP) is 8.11. The summed E-state index contributed by atoms with van der Waals surface area (Å²) in [6.07, 6.45) is 2.95. The van der Waals surface area contributed by atoms with Crippen molar-refractivity contribution in [3.63, 3.8) is 0 Å². The molecule has 1 unspecified atom stereocenters. The molecule has 1 N–H and O–H groups in total. The summed E-state index contributed by atoms with van der Waals surface area (Å²) < 4.78 is 33.2. The number of hydrogen-bond acceptors (Lipinski definition) is 4. The zero-order valence-corrected chi connectivity index (χ0v) is 27.1. The number of amides is 1. The molecule has 5 nitrogen and oxygen atoms in total. The van der Waals surface area contributed by atoms with Crippen LogP contribution in [0, 0.1) is 25.5 Å². The normalized spacial score (nSPS) is 15.7. The molecule has 4 aromatic carbocycles. The van der Waals surface area contributed by atoms with Gasteiger partial charge in [-0.25, -0.2) is 8.78 Å². The second kappa shape index (κ2) is 16.0. The summed E-state index contributed by atoms with van der Waals surface area (Å²) in [6.45, 7) is 10.7. The van der Waals surface area contributed by atoms with Gasteiger partial charge < -0.3 is 15.0 Å². The second-order valence-electron chi connectivity index (χ2n) is 12.5. The van der Waals surface area contributed by atoms with E-state index < -0.39 is 0 Å². The Morgan fingerprint density at radius 1 is 0.870 bits per heavy atom. The van der Waals surface area contributed by atoms with E-state index in [-0.39, 0.29) is 29.5 Å². The zero-order valence-electron chi connectivity index (χ0n) is 27.1. The van der Waals surface area contributed by atoms with Crippen LogP contribution in [0.15, 0.2) is 91.0 Å². The van der Waals surface area contributed by atoms with Gasteiger partial charge in [0.25, 0.3) is 0 Å². The molecule has 0 saturated carbocycles.